The van der Waals surface area contributed by atoms with Gasteiger partial charge in [-0.1, -0.05) is 18.2 Å². The van der Waals surface area contributed by atoms with E-state index in [1.807, 2.05) is 18.2 Å². The Morgan fingerprint density at radius 3 is 2.52 bits per heavy atom. The molecular weight excluding hydrogens is 338 g/mol. The summed E-state index contributed by atoms with van der Waals surface area (Å²) in [7, 11) is 1.67. The zero-order chi connectivity index (χ0) is 17.5. The van der Waals surface area contributed by atoms with Gasteiger partial charge in [0.25, 0.3) is 11.8 Å². The zero-order valence-corrected chi connectivity index (χ0v) is 14.7. The number of hydrogen-bond acceptors (Lipinski definition) is 5. The van der Waals surface area contributed by atoms with Crippen molar-refractivity contribution in [1.29, 1.82) is 0 Å². The highest BCUT2D eigenvalue weighted by Crippen LogP contribution is 2.51. The van der Waals surface area contributed by atoms with Crippen LogP contribution in [0.25, 0.3) is 0 Å². The highest BCUT2D eigenvalue weighted by molar-refractivity contribution is 7.07. The van der Waals surface area contributed by atoms with Crippen molar-refractivity contribution >= 4 is 23.2 Å². The maximum atomic E-state index is 12.7. The van der Waals surface area contributed by atoms with Gasteiger partial charge in [0.05, 0.1) is 11.1 Å². The molecule has 0 spiro atoms. The first-order chi connectivity index (χ1) is 12.1. The third-order valence-electron chi connectivity index (χ3n) is 5.22. The Balaban J connectivity index is 1.53. The molecule has 0 unspecified atom stereocenters. The van der Waals surface area contributed by atoms with Crippen molar-refractivity contribution in [1.82, 2.24) is 15.2 Å². The monoisotopic (exact) mass is 357 g/mol. The molecule has 130 valence electrons. The molecule has 2 fully saturated rings. The lowest BCUT2D eigenvalue weighted by molar-refractivity contribution is -0.0710. The smallest absolute Gasteiger partial charge is 0.273 e. The summed E-state index contributed by atoms with van der Waals surface area (Å²) in [6.07, 6.45) is 1.77. The van der Waals surface area contributed by atoms with Gasteiger partial charge in [0.2, 0.25) is 0 Å². The van der Waals surface area contributed by atoms with E-state index in [4.69, 9.17) is 4.74 Å². The van der Waals surface area contributed by atoms with Crippen molar-refractivity contribution < 1.29 is 14.3 Å². The third-order valence-corrected chi connectivity index (χ3v) is 5.80. The van der Waals surface area contributed by atoms with E-state index in [2.05, 4.69) is 10.3 Å². The Morgan fingerprint density at radius 2 is 1.96 bits per heavy atom. The summed E-state index contributed by atoms with van der Waals surface area (Å²) in [6.45, 7) is 0.881. The molecule has 6 nitrogen and oxygen atoms in total. The number of likely N-dealkylation sites (tertiary alicyclic amines) is 1. The van der Waals surface area contributed by atoms with E-state index in [-0.39, 0.29) is 17.4 Å². The van der Waals surface area contributed by atoms with Crippen molar-refractivity contribution in [3.05, 3.63) is 52.5 Å². The van der Waals surface area contributed by atoms with Gasteiger partial charge in [0.1, 0.15) is 11.2 Å². The molecule has 2 aromatic rings. The molecular formula is C18H19N3O3S. The number of carbonyl (C=O) groups is 2. The van der Waals surface area contributed by atoms with Gasteiger partial charge in [0.15, 0.2) is 0 Å². The van der Waals surface area contributed by atoms with Gasteiger partial charge in [0, 0.05) is 31.1 Å². The van der Waals surface area contributed by atoms with Gasteiger partial charge in [-0.2, -0.15) is 0 Å². The largest absolute Gasteiger partial charge is 0.376 e. The number of rotatable bonds is 5. The van der Waals surface area contributed by atoms with E-state index in [0.29, 0.717) is 24.3 Å². The number of amides is 2. The highest BCUT2D eigenvalue weighted by atomic mass is 32.1. The molecule has 7 heteroatoms. The fourth-order valence-electron chi connectivity index (χ4n) is 3.58. The molecule has 2 amide bonds. The molecule has 1 aromatic heterocycles. The van der Waals surface area contributed by atoms with E-state index >= 15 is 0 Å². The molecule has 2 aliphatic rings. The summed E-state index contributed by atoms with van der Waals surface area (Å²) in [5.41, 5.74) is 1.79. The first-order valence-corrected chi connectivity index (χ1v) is 9.14. The Morgan fingerprint density at radius 1 is 1.24 bits per heavy atom. The fraction of sp³-hybridized carbons (Fsp3) is 0.389. The summed E-state index contributed by atoms with van der Waals surface area (Å²) >= 11 is 1.40. The standard InChI is InChI=1S/C18H19N3O3S/c1-24-18(7-8-18)17(20-15(22)13-5-3-2-4-6-13)10-21(11-17)16(23)14-9-25-12-19-14/h2-6,9,12H,7-8,10-11H2,1H3,(H,20,22). The third kappa shape index (κ3) is 2.63. The SMILES string of the molecule is COC1(C2(NC(=O)c3ccccc3)CN(C(=O)c3cscn3)C2)CC1. The molecule has 25 heavy (non-hydrogen) atoms. The van der Waals surface area contributed by atoms with Crippen LogP contribution in [0.2, 0.25) is 0 Å². The summed E-state index contributed by atoms with van der Waals surface area (Å²) < 4.78 is 5.75. The average molecular weight is 357 g/mol. The number of benzene rings is 1. The summed E-state index contributed by atoms with van der Waals surface area (Å²) in [6, 6.07) is 9.12. The van der Waals surface area contributed by atoms with Crippen LogP contribution < -0.4 is 5.32 Å². The maximum Gasteiger partial charge on any atom is 0.273 e. The van der Waals surface area contributed by atoms with Gasteiger partial charge in [-0.25, -0.2) is 4.98 Å². The van der Waals surface area contributed by atoms with Crippen LogP contribution in [0.4, 0.5) is 0 Å². The summed E-state index contributed by atoms with van der Waals surface area (Å²) in [4.78, 5) is 31.0. The number of nitrogens with zero attached hydrogens (tertiary/aromatic N) is 2. The second-order valence-electron chi connectivity index (χ2n) is 6.64. The first kappa shape index (κ1) is 16.2. The number of methoxy groups -OCH3 is 1. The molecule has 1 aliphatic heterocycles. The van der Waals surface area contributed by atoms with Crippen molar-refractivity contribution in [2.75, 3.05) is 20.2 Å². The van der Waals surface area contributed by atoms with E-state index < -0.39 is 5.54 Å². The lowest BCUT2D eigenvalue weighted by Gasteiger charge is -2.54. The van der Waals surface area contributed by atoms with E-state index in [1.165, 1.54) is 11.3 Å². The minimum Gasteiger partial charge on any atom is -0.376 e. The second kappa shape index (κ2) is 5.93. The average Bonchev–Trinajstić information content (AvgIpc) is 3.22. The molecule has 4 rings (SSSR count). The van der Waals surface area contributed by atoms with Crippen molar-refractivity contribution in [3.63, 3.8) is 0 Å². The van der Waals surface area contributed by atoms with Crippen LogP contribution in [0.1, 0.15) is 33.7 Å². The van der Waals surface area contributed by atoms with Crippen LogP contribution in [0, 0.1) is 0 Å². The van der Waals surface area contributed by atoms with E-state index in [0.717, 1.165) is 12.8 Å². The number of nitrogens with one attached hydrogen (secondary N) is 1. The molecule has 1 saturated carbocycles. The van der Waals surface area contributed by atoms with Crippen molar-refractivity contribution in [2.45, 2.75) is 24.0 Å². The molecule has 1 aliphatic carbocycles. The van der Waals surface area contributed by atoms with Gasteiger partial charge in [-0.05, 0) is 25.0 Å². The Kier molecular flexibility index (Phi) is 3.85. The van der Waals surface area contributed by atoms with Crippen molar-refractivity contribution in [3.8, 4) is 0 Å². The topological polar surface area (TPSA) is 71.5 Å². The number of carbonyl (C=O) groups excluding carboxylic acids is 2. The fourth-order valence-corrected chi connectivity index (χ4v) is 4.11. The van der Waals surface area contributed by atoms with Gasteiger partial charge < -0.3 is 15.0 Å². The second-order valence-corrected chi connectivity index (χ2v) is 7.35. The maximum absolute atomic E-state index is 12.7. The summed E-state index contributed by atoms with van der Waals surface area (Å²) in [5, 5.41) is 4.90. The quantitative estimate of drug-likeness (QED) is 0.888. The van der Waals surface area contributed by atoms with E-state index in [9.17, 15) is 9.59 Å². The van der Waals surface area contributed by atoms with E-state index in [1.54, 1.807) is 35.0 Å². The van der Waals surface area contributed by atoms with Crippen LogP contribution in [0.3, 0.4) is 0 Å². The molecule has 0 radical (unpaired) electrons. The predicted molar refractivity (Wildman–Crippen MR) is 93.6 cm³/mol. The number of hydrogen-bond donors (Lipinski definition) is 1. The number of ether oxygens (including phenoxy) is 1. The normalized spacial score (nSPS) is 19.8. The van der Waals surface area contributed by atoms with Crippen LogP contribution in [-0.4, -0.2) is 53.0 Å². The lowest BCUT2D eigenvalue weighted by atomic mass is 9.80. The number of thiazole rings is 1. The Hall–Kier alpha value is -2.25. The van der Waals surface area contributed by atoms with Gasteiger partial charge in [-0.3, -0.25) is 9.59 Å². The Bertz CT molecular complexity index is 781. The molecule has 1 saturated heterocycles. The van der Waals surface area contributed by atoms with Gasteiger partial charge >= 0.3 is 0 Å². The molecule has 0 bridgehead atoms. The number of aromatic nitrogens is 1. The minimum absolute atomic E-state index is 0.0993. The van der Waals surface area contributed by atoms with Crippen LogP contribution in [0.5, 0.6) is 0 Å². The van der Waals surface area contributed by atoms with Crippen LogP contribution in [0.15, 0.2) is 41.2 Å². The lowest BCUT2D eigenvalue weighted by Crippen LogP contribution is -2.77. The van der Waals surface area contributed by atoms with Crippen LogP contribution >= 0.6 is 11.3 Å². The molecule has 1 aromatic carbocycles. The zero-order valence-electron chi connectivity index (χ0n) is 13.9. The minimum atomic E-state index is -0.541. The first-order valence-electron chi connectivity index (χ1n) is 8.19. The molecule has 1 N–H and O–H groups in total. The molecule has 2 heterocycles. The summed E-state index contributed by atoms with van der Waals surface area (Å²) in [5.74, 6) is -0.234. The molecule has 0 atom stereocenters. The predicted octanol–water partition coefficient (Wildman–Crippen LogP) is 1.95. The van der Waals surface area contributed by atoms with Gasteiger partial charge in [-0.15, -0.1) is 11.3 Å². The van der Waals surface area contributed by atoms with Crippen LogP contribution in [-0.2, 0) is 4.74 Å². The van der Waals surface area contributed by atoms with Crippen molar-refractivity contribution in [2.24, 2.45) is 0 Å². The Labute approximate surface area is 149 Å². The highest BCUT2D eigenvalue weighted by Gasteiger charge is 2.66.